The van der Waals surface area contributed by atoms with Gasteiger partial charge in [-0.1, -0.05) is 37.6 Å². The molecule has 1 atom stereocenters. The molecule has 1 heterocycles. The van der Waals surface area contributed by atoms with Crippen molar-refractivity contribution in [2.75, 3.05) is 11.5 Å². The molecule has 8 heteroatoms. The number of hydrogen-bond acceptors (Lipinski definition) is 5. The summed E-state index contributed by atoms with van der Waals surface area (Å²) in [5.41, 5.74) is 1.39. The molecule has 0 fully saturated rings. The number of carbonyl (C=O) groups is 2. The molecular formula is C25H25ClN2O5. The fourth-order valence-corrected chi connectivity index (χ4v) is 5.00. The van der Waals surface area contributed by atoms with Gasteiger partial charge in [0.1, 0.15) is 11.4 Å². The largest absolute Gasteiger partial charge is 0.494 e. The van der Waals surface area contributed by atoms with Crippen LogP contribution in [-0.4, -0.2) is 23.2 Å². The topological polar surface area (TPSA) is 89.8 Å². The molecule has 0 N–H and O–H groups in total. The van der Waals surface area contributed by atoms with Crippen LogP contribution in [0.1, 0.15) is 51.5 Å². The second-order valence-electron chi connectivity index (χ2n) is 9.18. The number of anilines is 1. The Balaban J connectivity index is 1.92. The molecule has 2 aromatic rings. The predicted molar refractivity (Wildman–Crippen MR) is 126 cm³/mol. The van der Waals surface area contributed by atoms with Crippen LogP contribution >= 0.6 is 11.6 Å². The minimum Gasteiger partial charge on any atom is -0.494 e. The molecule has 0 radical (unpaired) electrons. The second-order valence-corrected chi connectivity index (χ2v) is 9.62. The molecule has 0 bridgehead atoms. The van der Waals surface area contributed by atoms with Crippen molar-refractivity contribution in [3.8, 4) is 5.75 Å². The summed E-state index contributed by atoms with van der Waals surface area (Å²) in [6.07, 6.45) is 0.813. The first-order chi connectivity index (χ1) is 15.6. The Bertz CT molecular complexity index is 1190. The summed E-state index contributed by atoms with van der Waals surface area (Å²) in [5, 5.41) is 12.4. The fourth-order valence-electron chi connectivity index (χ4n) is 4.80. The zero-order valence-corrected chi connectivity index (χ0v) is 19.5. The molecule has 0 spiro atoms. The van der Waals surface area contributed by atoms with E-state index >= 15 is 0 Å². The number of amides is 1. The van der Waals surface area contributed by atoms with Gasteiger partial charge < -0.3 is 4.74 Å². The standard InChI is InChI=1S/C25H25ClN2O5/c1-4-33-17-8-9-19(20(11-17)28(31)32)27-21-13-25(2,3)14-22(29)24(21)18(12-23(27)30)15-6-5-7-16(26)10-15/h5-11,18H,4,12-14H2,1-3H3. The van der Waals surface area contributed by atoms with Crippen LogP contribution in [0, 0.1) is 15.5 Å². The van der Waals surface area contributed by atoms with Crippen LogP contribution in [0.5, 0.6) is 5.75 Å². The van der Waals surface area contributed by atoms with E-state index < -0.39 is 10.8 Å². The molecule has 172 valence electrons. The molecule has 0 aromatic heterocycles. The number of halogens is 1. The first kappa shape index (κ1) is 23.0. The molecule has 1 amide bonds. The summed E-state index contributed by atoms with van der Waals surface area (Å²) < 4.78 is 5.42. The Morgan fingerprint density at radius 1 is 1.18 bits per heavy atom. The number of Topliss-reactive ketones (excluding diaryl/α,β-unsaturated/α-hetero) is 1. The summed E-state index contributed by atoms with van der Waals surface area (Å²) >= 11 is 6.19. The number of allylic oxidation sites excluding steroid dienone is 2. The molecule has 2 aromatic carbocycles. The average Bonchev–Trinajstić information content (AvgIpc) is 2.72. The van der Waals surface area contributed by atoms with Gasteiger partial charge in [-0.05, 0) is 48.6 Å². The Morgan fingerprint density at radius 3 is 2.61 bits per heavy atom. The number of benzene rings is 2. The van der Waals surface area contributed by atoms with Gasteiger partial charge in [0.2, 0.25) is 5.91 Å². The van der Waals surface area contributed by atoms with Crippen molar-refractivity contribution in [3.63, 3.8) is 0 Å². The quantitative estimate of drug-likeness (QED) is 0.408. The van der Waals surface area contributed by atoms with Gasteiger partial charge in [-0.15, -0.1) is 0 Å². The van der Waals surface area contributed by atoms with Crippen LogP contribution in [0.15, 0.2) is 53.7 Å². The zero-order valence-electron chi connectivity index (χ0n) is 18.8. The van der Waals surface area contributed by atoms with Crippen molar-refractivity contribution in [3.05, 3.63) is 74.4 Å². The lowest BCUT2D eigenvalue weighted by molar-refractivity contribution is -0.384. The number of nitro benzene ring substituents is 1. The van der Waals surface area contributed by atoms with Gasteiger partial charge >= 0.3 is 0 Å². The van der Waals surface area contributed by atoms with E-state index in [2.05, 4.69) is 0 Å². The Kier molecular flexibility index (Phi) is 6.01. The number of nitrogens with zero attached hydrogens (tertiary/aromatic N) is 2. The maximum Gasteiger partial charge on any atom is 0.297 e. The molecule has 0 saturated heterocycles. The SMILES string of the molecule is CCOc1ccc(N2C(=O)CC(c3cccc(Cl)c3)C3=C2CC(C)(C)CC3=O)c([N+](=O)[O-])c1. The Labute approximate surface area is 197 Å². The van der Waals surface area contributed by atoms with E-state index in [1.165, 1.54) is 17.0 Å². The van der Waals surface area contributed by atoms with Crippen molar-refractivity contribution < 1.29 is 19.2 Å². The normalized spacial score (nSPS) is 20.0. The fraction of sp³-hybridized carbons (Fsp3) is 0.360. The number of carbonyl (C=O) groups excluding carboxylic acids is 2. The molecule has 1 unspecified atom stereocenters. The maximum absolute atomic E-state index is 13.5. The first-order valence-electron chi connectivity index (χ1n) is 10.9. The zero-order chi connectivity index (χ0) is 23.9. The van der Waals surface area contributed by atoms with E-state index in [9.17, 15) is 19.7 Å². The van der Waals surface area contributed by atoms with Gasteiger partial charge in [0.15, 0.2) is 5.78 Å². The second kappa shape index (κ2) is 8.63. The van der Waals surface area contributed by atoms with E-state index in [1.807, 2.05) is 19.9 Å². The summed E-state index contributed by atoms with van der Waals surface area (Å²) in [7, 11) is 0. The minimum absolute atomic E-state index is 0.0235. The molecule has 0 saturated carbocycles. The molecule has 1 aliphatic carbocycles. The number of hydrogen-bond donors (Lipinski definition) is 0. The number of nitro groups is 1. The van der Waals surface area contributed by atoms with Gasteiger partial charge in [0.05, 0.1) is 17.6 Å². The third-order valence-corrected chi connectivity index (χ3v) is 6.32. The average molecular weight is 469 g/mol. The van der Waals surface area contributed by atoms with E-state index in [-0.39, 0.29) is 34.9 Å². The minimum atomic E-state index is -0.524. The highest BCUT2D eigenvalue weighted by molar-refractivity contribution is 6.30. The number of rotatable bonds is 5. The van der Waals surface area contributed by atoms with Crippen LogP contribution in [0.2, 0.25) is 5.02 Å². The summed E-state index contributed by atoms with van der Waals surface area (Å²) in [4.78, 5) is 39.7. The molecule has 2 aliphatic rings. The van der Waals surface area contributed by atoms with Crippen molar-refractivity contribution in [1.29, 1.82) is 0 Å². The lowest BCUT2D eigenvalue weighted by Gasteiger charge is -2.42. The van der Waals surface area contributed by atoms with Crippen LogP contribution in [0.25, 0.3) is 0 Å². The third kappa shape index (κ3) is 4.37. The van der Waals surface area contributed by atoms with Crippen LogP contribution in [0.4, 0.5) is 11.4 Å². The maximum atomic E-state index is 13.5. The van der Waals surface area contributed by atoms with Crippen LogP contribution in [0.3, 0.4) is 0 Å². The monoisotopic (exact) mass is 468 g/mol. The van der Waals surface area contributed by atoms with Gasteiger partial charge in [0, 0.05) is 35.1 Å². The van der Waals surface area contributed by atoms with Crippen LogP contribution in [-0.2, 0) is 9.59 Å². The molecule has 33 heavy (non-hydrogen) atoms. The highest BCUT2D eigenvalue weighted by Crippen LogP contribution is 2.49. The van der Waals surface area contributed by atoms with E-state index in [0.717, 1.165) is 5.56 Å². The van der Waals surface area contributed by atoms with Gasteiger partial charge in [-0.2, -0.15) is 0 Å². The molecule has 7 nitrogen and oxygen atoms in total. The third-order valence-electron chi connectivity index (χ3n) is 6.09. The number of ketones is 1. The van der Waals surface area contributed by atoms with Gasteiger partial charge in [-0.25, -0.2) is 0 Å². The smallest absolute Gasteiger partial charge is 0.297 e. The van der Waals surface area contributed by atoms with Gasteiger partial charge in [0.25, 0.3) is 5.69 Å². The Morgan fingerprint density at radius 2 is 1.94 bits per heavy atom. The van der Waals surface area contributed by atoms with Crippen molar-refractivity contribution in [1.82, 2.24) is 0 Å². The van der Waals surface area contributed by atoms with Gasteiger partial charge in [-0.3, -0.25) is 24.6 Å². The first-order valence-corrected chi connectivity index (χ1v) is 11.2. The van der Waals surface area contributed by atoms with E-state index in [1.54, 1.807) is 31.2 Å². The summed E-state index contributed by atoms with van der Waals surface area (Å²) in [6, 6.07) is 11.6. The van der Waals surface area contributed by atoms with Crippen LogP contribution < -0.4 is 9.64 Å². The predicted octanol–water partition coefficient (Wildman–Crippen LogP) is 5.81. The number of ether oxygens (including phenoxy) is 1. The molecule has 1 aliphatic heterocycles. The highest BCUT2D eigenvalue weighted by Gasteiger charge is 2.45. The molecular weight excluding hydrogens is 444 g/mol. The highest BCUT2D eigenvalue weighted by atomic mass is 35.5. The van der Waals surface area contributed by atoms with Crippen molar-refractivity contribution >= 4 is 34.7 Å². The van der Waals surface area contributed by atoms with E-state index in [4.69, 9.17) is 16.3 Å². The lowest BCUT2D eigenvalue weighted by atomic mass is 9.69. The summed E-state index contributed by atoms with van der Waals surface area (Å²) in [5.74, 6) is -0.426. The van der Waals surface area contributed by atoms with E-state index in [0.29, 0.717) is 41.5 Å². The van der Waals surface area contributed by atoms with Crippen molar-refractivity contribution in [2.24, 2.45) is 5.41 Å². The van der Waals surface area contributed by atoms with Crippen molar-refractivity contribution in [2.45, 2.75) is 46.0 Å². The summed E-state index contributed by atoms with van der Waals surface area (Å²) in [6.45, 7) is 6.08. The lowest BCUT2D eigenvalue weighted by Crippen LogP contribution is -2.44. The Hall–Kier alpha value is -3.19. The molecule has 4 rings (SSSR count).